The second-order valence-electron chi connectivity index (χ2n) is 5.16. The van der Waals surface area contributed by atoms with E-state index in [-0.39, 0.29) is 10.5 Å². The third kappa shape index (κ3) is 3.65. The second kappa shape index (κ2) is 7.29. The monoisotopic (exact) mass is 341 g/mol. The molecule has 1 aromatic rings. The molecule has 0 radical (unpaired) electrons. The molecule has 0 saturated carbocycles. The topological polar surface area (TPSA) is 90.0 Å². The van der Waals surface area contributed by atoms with Crippen molar-refractivity contribution < 1.29 is 23.1 Å². The number of ether oxygens (including phenoxy) is 1. The van der Waals surface area contributed by atoms with Gasteiger partial charge in [0.1, 0.15) is 0 Å². The van der Waals surface area contributed by atoms with E-state index < -0.39 is 16.0 Å². The van der Waals surface area contributed by atoms with Gasteiger partial charge in [-0.25, -0.2) is 8.42 Å². The number of benzene rings is 1. The molecule has 0 amide bonds. The molecule has 1 fully saturated rings. The van der Waals surface area contributed by atoms with Crippen molar-refractivity contribution in [3.8, 4) is 0 Å². The maximum Gasteiger partial charge on any atom is 0.243 e. The molecule has 0 bridgehead atoms. The van der Waals surface area contributed by atoms with Crippen LogP contribution in [-0.2, 0) is 14.8 Å². The summed E-state index contributed by atoms with van der Waals surface area (Å²) in [5.41, 5.74) is 0.354. The SMILES string of the molecule is CCN(CC)S(=O)(=O)c1ccc(N2CCOCC2)c(C(=O)[O-])c1. The van der Waals surface area contributed by atoms with Gasteiger partial charge in [0.2, 0.25) is 10.0 Å². The van der Waals surface area contributed by atoms with E-state index in [0.29, 0.717) is 45.1 Å². The van der Waals surface area contributed by atoms with Crippen LogP contribution in [0, 0.1) is 0 Å². The van der Waals surface area contributed by atoms with Crippen molar-refractivity contribution in [2.24, 2.45) is 0 Å². The Balaban J connectivity index is 2.45. The predicted octanol–water partition coefficient (Wildman–Crippen LogP) is -0.0828. The molecule has 2 rings (SSSR count). The third-order valence-electron chi connectivity index (χ3n) is 3.88. The predicted molar refractivity (Wildman–Crippen MR) is 83.9 cm³/mol. The Morgan fingerprint density at radius 2 is 1.87 bits per heavy atom. The van der Waals surface area contributed by atoms with E-state index in [2.05, 4.69) is 0 Å². The van der Waals surface area contributed by atoms with Gasteiger partial charge in [-0.3, -0.25) is 0 Å². The van der Waals surface area contributed by atoms with Crippen molar-refractivity contribution in [1.82, 2.24) is 4.31 Å². The highest BCUT2D eigenvalue weighted by atomic mass is 32.2. The van der Waals surface area contributed by atoms with E-state index in [1.807, 2.05) is 4.90 Å². The molecule has 128 valence electrons. The standard InChI is InChI=1S/C15H22N2O5S/c1-3-17(4-2)23(20,21)12-5-6-14(13(11-12)15(18)19)16-7-9-22-10-8-16/h5-6,11H,3-4,7-10H2,1-2H3,(H,18,19)/p-1. The molecule has 0 N–H and O–H groups in total. The molecule has 1 saturated heterocycles. The van der Waals surface area contributed by atoms with Gasteiger partial charge in [-0.2, -0.15) is 4.31 Å². The minimum atomic E-state index is -3.71. The largest absolute Gasteiger partial charge is 0.545 e. The third-order valence-corrected chi connectivity index (χ3v) is 5.93. The second-order valence-corrected chi connectivity index (χ2v) is 7.09. The Kier molecular flexibility index (Phi) is 5.61. The number of hydrogen-bond donors (Lipinski definition) is 0. The summed E-state index contributed by atoms with van der Waals surface area (Å²) in [4.78, 5) is 13.3. The van der Waals surface area contributed by atoms with Crippen molar-refractivity contribution in [3.63, 3.8) is 0 Å². The Bertz CT molecular complexity index is 664. The van der Waals surface area contributed by atoms with E-state index in [9.17, 15) is 18.3 Å². The quantitative estimate of drug-likeness (QED) is 0.719. The Morgan fingerprint density at radius 3 is 2.39 bits per heavy atom. The van der Waals surface area contributed by atoms with E-state index in [0.717, 1.165) is 0 Å². The number of carbonyl (C=O) groups excluding carboxylic acids is 1. The number of rotatable bonds is 6. The van der Waals surface area contributed by atoms with E-state index in [1.54, 1.807) is 13.8 Å². The zero-order valence-electron chi connectivity index (χ0n) is 13.3. The Labute approximate surface area is 136 Å². The average molecular weight is 341 g/mol. The van der Waals surface area contributed by atoms with Crippen LogP contribution >= 0.6 is 0 Å². The fourth-order valence-electron chi connectivity index (χ4n) is 2.63. The number of carboxylic acid groups (broad SMARTS) is 1. The van der Waals surface area contributed by atoms with Gasteiger partial charge < -0.3 is 19.5 Å². The lowest BCUT2D eigenvalue weighted by Crippen LogP contribution is -2.38. The summed E-state index contributed by atoms with van der Waals surface area (Å²) in [5.74, 6) is -1.39. The van der Waals surface area contributed by atoms with Gasteiger partial charge >= 0.3 is 0 Å². The number of aromatic carboxylic acids is 1. The normalized spacial score (nSPS) is 15.9. The van der Waals surface area contributed by atoms with Gasteiger partial charge in [-0.05, 0) is 18.2 Å². The van der Waals surface area contributed by atoms with Crippen molar-refractivity contribution >= 4 is 21.7 Å². The maximum absolute atomic E-state index is 12.5. The summed E-state index contributed by atoms with van der Waals surface area (Å²) in [6.07, 6.45) is 0. The Morgan fingerprint density at radius 1 is 1.26 bits per heavy atom. The maximum atomic E-state index is 12.5. The van der Waals surface area contributed by atoms with Crippen LogP contribution in [0.3, 0.4) is 0 Å². The first-order valence-electron chi connectivity index (χ1n) is 7.60. The summed E-state index contributed by atoms with van der Waals surface area (Å²) in [6, 6.07) is 4.17. The number of hydrogen-bond acceptors (Lipinski definition) is 6. The van der Waals surface area contributed by atoms with Gasteiger partial charge in [0, 0.05) is 37.4 Å². The summed E-state index contributed by atoms with van der Waals surface area (Å²) >= 11 is 0. The van der Waals surface area contributed by atoms with Crippen LogP contribution < -0.4 is 10.0 Å². The number of sulfonamides is 1. The number of anilines is 1. The molecular weight excluding hydrogens is 320 g/mol. The molecule has 1 aliphatic rings. The van der Waals surface area contributed by atoms with Crippen LogP contribution in [0.5, 0.6) is 0 Å². The van der Waals surface area contributed by atoms with E-state index in [1.165, 1.54) is 22.5 Å². The molecule has 7 nitrogen and oxygen atoms in total. The van der Waals surface area contributed by atoms with E-state index >= 15 is 0 Å². The molecule has 0 aromatic heterocycles. The zero-order chi connectivity index (χ0) is 17.0. The van der Waals surface area contributed by atoms with Gasteiger partial charge in [0.25, 0.3) is 0 Å². The molecule has 1 heterocycles. The lowest BCUT2D eigenvalue weighted by molar-refractivity contribution is -0.255. The van der Waals surface area contributed by atoms with Crippen LogP contribution in [0.2, 0.25) is 0 Å². The summed E-state index contributed by atoms with van der Waals surface area (Å²) in [6.45, 7) is 6.25. The molecule has 0 unspecified atom stereocenters. The first-order chi connectivity index (χ1) is 10.9. The minimum absolute atomic E-state index is 0.0302. The molecule has 0 aliphatic carbocycles. The van der Waals surface area contributed by atoms with Crippen LogP contribution in [0.15, 0.2) is 23.1 Å². The summed E-state index contributed by atoms with van der Waals surface area (Å²) in [7, 11) is -3.71. The highest BCUT2D eigenvalue weighted by Crippen LogP contribution is 2.26. The summed E-state index contributed by atoms with van der Waals surface area (Å²) < 4.78 is 31.6. The van der Waals surface area contributed by atoms with Crippen molar-refractivity contribution in [2.75, 3.05) is 44.3 Å². The van der Waals surface area contributed by atoms with Gasteiger partial charge in [0.05, 0.1) is 24.1 Å². The molecule has 0 atom stereocenters. The average Bonchev–Trinajstić information content (AvgIpc) is 2.56. The number of nitrogens with zero attached hydrogens (tertiary/aromatic N) is 2. The summed E-state index contributed by atoms with van der Waals surface area (Å²) in [5, 5.41) is 11.5. The van der Waals surface area contributed by atoms with E-state index in [4.69, 9.17) is 4.74 Å². The van der Waals surface area contributed by atoms with Crippen LogP contribution in [0.1, 0.15) is 24.2 Å². The first kappa shape index (κ1) is 17.7. The smallest absolute Gasteiger partial charge is 0.243 e. The number of carbonyl (C=O) groups is 1. The Hall–Kier alpha value is -1.64. The van der Waals surface area contributed by atoms with Crippen LogP contribution in [0.25, 0.3) is 0 Å². The number of carboxylic acids is 1. The van der Waals surface area contributed by atoms with Gasteiger partial charge in [-0.15, -0.1) is 0 Å². The first-order valence-corrected chi connectivity index (χ1v) is 9.04. The fourth-order valence-corrected chi connectivity index (χ4v) is 4.12. The molecule has 1 aliphatic heterocycles. The molecule has 23 heavy (non-hydrogen) atoms. The molecule has 8 heteroatoms. The van der Waals surface area contributed by atoms with Gasteiger partial charge in [0.15, 0.2) is 0 Å². The minimum Gasteiger partial charge on any atom is -0.545 e. The van der Waals surface area contributed by atoms with Crippen molar-refractivity contribution in [1.29, 1.82) is 0 Å². The number of morpholine rings is 1. The highest BCUT2D eigenvalue weighted by Gasteiger charge is 2.24. The lowest BCUT2D eigenvalue weighted by atomic mass is 10.1. The molecule has 0 spiro atoms. The van der Waals surface area contributed by atoms with Crippen LogP contribution in [0.4, 0.5) is 5.69 Å². The van der Waals surface area contributed by atoms with Crippen molar-refractivity contribution in [2.45, 2.75) is 18.7 Å². The van der Waals surface area contributed by atoms with Crippen molar-refractivity contribution in [3.05, 3.63) is 23.8 Å². The fraction of sp³-hybridized carbons (Fsp3) is 0.533. The van der Waals surface area contributed by atoms with Crippen LogP contribution in [-0.4, -0.2) is 58.1 Å². The zero-order valence-corrected chi connectivity index (χ0v) is 14.1. The lowest BCUT2D eigenvalue weighted by Gasteiger charge is -2.31. The molecular formula is C15H21N2O5S-. The molecule has 1 aromatic carbocycles. The van der Waals surface area contributed by atoms with Gasteiger partial charge in [-0.1, -0.05) is 13.8 Å². The highest BCUT2D eigenvalue weighted by molar-refractivity contribution is 7.89.